The number of carboxylic acids is 2. The maximum Gasteiger partial charge on any atom is 0.328 e. The fourth-order valence-corrected chi connectivity index (χ4v) is 3.55. The van der Waals surface area contributed by atoms with Crippen molar-refractivity contribution >= 4 is 18.0 Å². The molecule has 0 aliphatic heterocycles. The SMILES string of the molecule is CC(C)(C)C1CCCCC1CC(=O)O.O=C(O)C=Cc1ccccc1. The van der Waals surface area contributed by atoms with Gasteiger partial charge in [0.25, 0.3) is 0 Å². The number of hydrogen-bond donors (Lipinski definition) is 2. The van der Waals surface area contributed by atoms with Gasteiger partial charge in [0.2, 0.25) is 0 Å². The van der Waals surface area contributed by atoms with E-state index in [0.717, 1.165) is 18.1 Å². The van der Waals surface area contributed by atoms with E-state index in [-0.39, 0.29) is 5.41 Å². The fraction of sp³-hybridized carbons (Fsp3) is 0.524. The van der Waals surface area contributed by atoms with Crippen molar-refractivity contribution in [3.05, 3.63) is 42.0 Å². The summed E-state index contributed by atoms with van der Waals surface area (Å²) in [5.74, 6) is -0.561. The second-order valence-electron chi connectivity index (χ2n) is 7.70. The van der Waals surface area contributed by atoms with Crippen molar-refractivity contribution in [2.24, 2.45) is 17.3 Å². The van der Waals surface area contributed by atoms with E-state index in [1.807, 2.05) is 30.3 Å². The zero-order valence-corrected chi connectivity index (χ0v) is 15.4. The van der Waals surface area contributed by atoms with Crippen molar-refractivity contribution in [1.29, 1.82) is 0 Å². The summed E-state index contributed by atoms with van der Waals surface area (Å²) in [5.41, 5.74) is 1.16. The van der Waals surface area contributed by atoms with E-state index in [2.05, 4.69) is 20.8 Å². The van der Waals surface area contributed by atoms with E-state index in [0.29, 0.717) is 18.3 Å². The number of carboxylic acid groups (broad SMARTS) is 2. The number of hydrogen-bond acceptors (Lipinski definition) is 2. The maximum absolute atomic E-state index is 10.7. The topological polar surface area (TPSA) is 74.6 Å². The van der Waals surface area contributed by atoms with Gasteiger partial charge in [-0.15, -0.1) is 0 Å². The molecular formula is C21H30O4. The standard InChI is InChI=1S/C12H22O2.C9H8O2/c1-12(2,3)10-7-5-4-6-9(10)8-11(13)14;10-9(11)7-6-8-4-2-1-3-5-8/h9-10H,4-8H2,1-3H3,(H,13,14);1-7H,(H,10,11). The lowest BCUT2D eigenvalue weighted by atomic mass is 9.65. The van der Waals surface area contributed by atoms with Crippen molar-refractivity contribution in [3.63, 3.8) is 0 Å². The molecule has 0 spiro atoms. The van der Waals surface area contributed by atoms with Crippen LogP contribution in [-0.2, 0) is 9.59 Å². The molecule has 138 valence electrons. The van der Waals surface area contributed by atoms with Gasteiger partial charge in [0.15, 0.2) is 0 Å². The van der Waals surface area contributed by atoms with Crippen LogP contribution in [0.25, 0.3) is 6.08 Å². The molecule has 2 unspecified atom stereocenters. The lowest BCUT2D eigenvalue weighted by Gasteiger charge is -2.40. The van der Waals surface area contributed by atoms with E-state index >= 15 is 0 Å². The van der Waals surface area contributed by atoms with E-state index < -0.39 is 11.9 Å². The van der Waals surface area contributed by atoms with Gasteiger partial charge in [-0.3, -0.25) is 4.79 Å². The minimum atomic E-state index is -0.922. The first-order valence-electron chi connectivity index (χ1n) is 8.88. The molecule has 0 heterocycles. The normalized spacial score (nSPS) is 20.6. The highest BCUT2D eigenvalue weighted by atomic mass is 16.4. The zero-order valence-electron chi connectivity index (χ0n) is 15.4. The van der Waals surface area contributed by atoms with Crippen LogP contribution in [0.4, 0.5) is 0 Å². The Labute approximate surface area is 150 Å². The third-order valence-corrected chi connectivity index (χ3v) is 4.68. The van der Waals surface area contributed by atoms with Crippen LogP contribution in [0.2, 0.25) is 0 Å². The molecule has 25 heavy (non-hydrogen) atoms. The molecule has 2 rings (SSSR count). The summed E-state index contributed by atoms with van der Waals surface area (Å²) >= 11 is 0. The molecule has 0 aromatic heterocycles. The zero-order chi connectivity index (χ0) is 18.9. The summed E-state index contributed by atoms with van der Waals surface area (Å²) in [5, 5.41) is 17.1. The average molecular weight is 346 g/mol. The Morgan fingerprint density at radius 3 is 2.20 bits per heavy atom. The Bertz CT molecular complexity index is 569. The maximum atomic E-state index is 10.7. The quantitative estimate of drug-likeness (QED) is 0.744. The van der Waals surface area contributed by atoms with Gasteiger partial charge in [0.1, 0.15) is 0 Å². The van der Waals surface area contributed by atoms with Gasteiger partial charge >= 0.3 is 11.9 Å². The van der Waals surface area contributed by atoms with Gasteiger partial charge in [-0.25, -0.2) is 4.79 Å². The average Bonchev–Trinajstić information content (AvgIpc) is 2.53. The minimum absolute atomic E-state index is 0.264. The number of aliphatic carboxylic acids is 2. The highest BCUT2D eigenvalue weighted by Gasteiger charge is 2.34. The fourth-order valence-electron chi connectivity index (χ4n) is 3.55. The molecule has 4 nitrogen and oxygen atoms in total. The lowest BCUT2D eigenvalue weighted by molar-refractivity contribution is -0.139. The molecule has 2 N–H and O–H groups in total. The van der Waals surface area contributed by atoms with Crippen LogP contribution in [-0.4, -0.2) is 22.2 Å². The number of benzene rings is 1. The first-order chi connectivity index (χ1) is 11.7. The van der Waals surface area contributed by atoms with Crippen molar-refractivity contribution < 1.29 is 19.8 Å². The molecule has 1 aliphatic carbocycles. The van der Waals surface area contributed by atoms with Gasteiger partial charge in [0.05, 0.1) is 0 Å². The third-order valence-electron chi connectivity index (χ3n) is 4.68. The molecule has 0 amide bonds. The summed E-state index contributed by atoms with van der Waals surface area (Å²) in [6.07, 6.45) is 7.85. The van der Waals surface area contributed by atoms with Crippen LogP contribution in [0.1, 0.15) is 58.4 Å². The van der Waals surface area contributed by atoms with E-state index in [1.165, 1.54) is 19.3 Å². The molecule has 1 aromatic carbocycles. The second-order valence-corrected chi connectivity index (χ2v) is 7.70. The second kappa shape index (κ2) is 10.0. The molecular weight excluding hydrogens is 316 g/mol. The Kier molecular flexibility index (Phi) is 8.39. The monoisotopic (exact) mass is 346 g/mol. The van der Waals surface area contributed by atoms with Gasteiger partial charge in [-0.2, -0.15) is 0 Å². The van der Waals surface area contributed by atoms with Gasteiger partial charge in [-0.1, -0.05) is 63.9 Å². The summed E-state index contributed by atoms with van der Waals surface area (Å²) in [7, 11) is 0. The Hall–Kier alpha value is -2.10. The lowest BCUT2D eigenvalue weighted by Crippen LogP contribution is -2.32. The van der Waals surface area contributed by atoms with Crippen LogP contribution in [0.5, 0.6) is 0 Å². The Balaban J connectivity index is 0.000000257. The minimum Gasteiger partial charge on any atom is -0.481 e. The van der Waals surface area contributed by atoms with Crippen LogP contribution in [0.15, 0.2) is 36.4 Å². The van der Waals surface area contributed by atoms with Crippen molar-refractivity contribution in [2.75, 3.05) is 0 Å². The summed E-state index contributed by atoms with van der Waals surface area (Å²) in [4.78, 5) is 20.8. The smallest absolute Gasteiger partial charge is 0.328 e. The summed E-state index contributed by atoms with van der Waals surface area (Å²) in [6, 6.07) is 9.31. The largest absolute Gasteiger partial charge is 0.481 e. The molecule has 4 heteroatoms. The van der Waals surface area contributed by atoms with E-state index in [4.69, 9.17) is 10.2 Å². The Morgan fingerprint density at radius 1 is 1.08 bits per heavy atom. The van der Waals surface area contributed by atoms with Crippen molar-refractivity contribution in [2.45, 2.75) is 52.9 Å². The molecule has 1 fully saturated rings. The summed E-state index contributed by atoms with van der Waals surface area (Å²) in [6.45, 7) is 6.70. The molecule has 1 aliphatic rings. The van der Waals surface area contributed by atoms with Crippen LogP contribution in [0.3, 0.4) is 0 Å². The highest BCUT2D eigenvalue weighted by molar-refractivity contribution is 5.85. The Morgan fingerprint density at radius 2 is 1.68 bits per heavy atom. The summed E-state index contributed by atoms with van der Waals surface area (Å²) < 4.78 is 0. The molecule has 0 radical (unpaired) electrons. The molecule has 0 bridgehead atoms. The van der Waals surface area contributed by atoms with Gasteiger partial charge < -0.3 is 10.2 Å². The first kappa shape index (κ1) is 20.9. The van der Waals surface area contributed by atoms with E-state index in [1.54, 1.807) is 6.08 Å². The first-order valence-corrected chi connectivity index (χ1v) is 8.88. The number of carbonyl (C=O) groups is 2. The van der Waals surface area contributed by atoms with E-state index in [9.17, 15) is 9.59 Å². The van der Waals surface area contributed by atoms with Crippen molar-refractivity contribution in [1.82, 2.24) is 0 Å². The third kappa shape index (κ3) is 8.52. The highest BCUT2D eigenvalue weighted by Crippen LogP contribution is 2.43. The van der Waals surface area contributed by atoms with Crippen LogP contribution >= 0.6 is 0 Å². The van der Waals surface area contributed by atoms with Crippen LogP contribution < -0.4 is 0 Å². The van der Waals surface area contributed by atoms with Crippen molar-refractivity contribution in [3.8, 4) is 0 Å². The number of rotatable bonds is 4. The van der Waals surface area contributed by atoms with Crippen LogP contribution in [0, 0.1) is 17.3 Å². The molecule has 1 saturated carbocycles. The van der Waals surface area contributed by atoms with Gasteiger partial charge in [-0.05, 0) is 41.7 Å². The molecule has 2 atom stereocenters. The molecule has 0 saturated heterocycles. The molecule has 1 aromatic rings. The van der Waals surface area contributed by atoms with Gasteiger partial charge in [0, 0.05) is 12.5 Å². The predicted octanol–water partition coefficient (Wildman–Crippen LogP) is 5.10. The predicted molar refractivity (Wildman–Crippen MR) is 100 cm³/mol.